The first-order valence-electron chi connectivity index (χ1n) is 8.14. The van der Waals surface area contributed by atoms with Gasteiger partial charge in [-0.05, 0) is 23.6 Å². The number of benzene rings is 2. The van der Waals surface area contributed by atoms with Crippen molar-refractivity contribution in [3.05, 3.63) is 76.3 Å². The number of hydrogen-bond acceptors (Lipinski definition) is 3. The Kier molecular flexibility index (Phi) is 5.84. The molecule has 1 N–H and O–H groups in total. The van der Waals surface area contributed by atoms with Gasteiger partial charge in [-0.3, -0.25) is 4.79 Å². The molecule has 0 spiro atoms. The van der Waals surface area contributed by atoms with E-state index in [0.29, 0.717) is 18.0 Å². The summed E-state index contributed by atoms with van der Waals surface area (Å²) in [4.78, 5) is 16.7. The Morgan fingerprint density at radius 3 is 2.60 bits per heavy atom. The van der Waals surface area contributed by atoms with Gasteiger partial charge in [0.25, 0.3) is 0 Å². The van der Waals surface area contributed by atoms with Gasteiger partial charge >= 0.3 is 0 Å². The molecule has 0 radical (unpaired) electrons. The number of halogens is 1. The van der Waals surface area contributed by atoms with Gasteiger partial charge in [0.05, 0.1) is 12.1 Å². The predicted octanol–water partition coefficient (Wildman–Crippen LogP) is 4.93. The first kappa shape index (κ1) is 17.6. The summed E-state index contributed by atoms with van der Waals surface area (Å²) in [5.41, 5.74) is 3.03. The Hall–Kier alpha value is -2.17. The Morgan fingerprint density at radius 1 is 1.16 bits per heavy atom. The van der Waals surface area contributed by atoms with Crippen molar-refractivity contribution in [2.45, 2.75) is 19.3 Å². The highest BCUT2D eigenvalue weighted by atomic mass is 35.5. The van der Waals surface area contributed by atoms with Crippen molar-refractivity contribution >= 4 is 28.8 Å². The van der Waals surface area contributed by atoms with Crippen molar-refractivity contribution < 1.29 is 4.79 Å². The minimum Gasteiger partial charge on any atom is -0.355 e. The number of nitrogens with one attached hydrogen (secondary N) is 1. The highest BCUT2D eigenvalue weighted by molar-refractivity contribution is 7.13. The predicted molar refractivity (Wildman–Crippen MR) is 104 cm³/mol. The maximum Gasteiger partial charge on any atom is 0.226 e. The van der Waals surface area contributed by atoms with E-state index in [1.165, 1.54) is 16.9 Å². The fourth-order valence-corrected chi connectivity index (χ4v) is 3.46. The number of carbonyl (C=O) groups excluding carboxylic acids is 1. The summed E-state index contributed by atoms with van der Waals surface area (Å²) < 4.78 is 0. The zero-order chi connectivity index (χ0) is 17.6. The molecular weight excluding hydrogens is 352 g/mol. The van der Waals surface area contributed by atoms with Crippen LogP contribution in [-0.4, -0.2) is 17.4 Å². The molecule has 0 fully saturated rings. The van der Waals surface area contributed by atoms with E-state index < -0.39 is 0 Å². The number of hydrogen-bond donors (Lipinski definition) is 1. The lowest BCUT2D eigenvalue weighted by molar-refractivity contribution is -0.120. The van der Waals surface area contributed by atoms with E-state index in [2.05, 4.69) is 29.4 Å². The smallest absolute Gasteiger partial charge is 0.226 e. The van der Waals surface area contributed by atoms with E-state index in [4.69, 9.17) is 11.6 Å². The Balaban J connectivity index is 1.54. The number of aromatic nitrogens is 1. The zero-order valence-electron chi connectivity index (χ0n) is 13.9. The highest BCUT2D eigenvalue weighted by Gasteiger charge is 2.11. The molecule has 0 bridgehead atoms. The summed E-state index contributed by atoms with van der Waals surface area (Å²) >= 11 is 7.45. The number of thiazole rings is 1. The molecular formula is C20H19ClN2OS. The Labute approximate surface area is 156 Å². The molecule has 1 aromatic heterocycles. The second-order valence-electron chi connectivity index (χ2n) is 5.94. The van der Waals surface area contributed by atoms with Crippen molar-refractivity contribution in [3.8, 4) is 10.6 Å². The lowest BCUT2D eigenvalue weighted by Crippen LogP contribution is -2.28. The molecule has 1 amide bonds. The summed E-state index contributed by atoms with van der Waals surface area (Å²) in [5, 5.41) is 6.53. The standard InChI is InChI=1S/C20H19ClN2OS/c1-14(15-5-3-2-4-6-15)12-22-19(24)11-18-13-25-20(23-18)16-7-9-17(21)10-8-16/h2-10,13-14H,11-12H2,1H3,(H,22,24)/t14-/m0/s1. The lowest BCUT2D eigenvalue weighted by Gasteiger charge is -2.12. The van der Waals surface area contributed by atoms with E-state index in [0.717, 1.165) is 16.3 Å². The van der Waals surface area contributed by atoms with Crippen LogP contribution >= 0.6 is 22.9 Å². The van der Waals surface area contributed by atoms with E-state index in [9.17, 15) is 4.79 Å². The summed E-state index contributed by atoms with van der Waals surface area (Å²) in [5.74, 6) is 0.279. The van der Waals surface area contributed by atoms with E-state index in [1.807, 2.05) is 47.8 Å². The van der Waals surface area contributed by atoms with Crippen molar-refractivity contribution in [2.24, 2.45) is 0 Å². The summed E-state index contributed by atoms with van der Waals surface area (Å²) in [6.45, 7) is 2.73. The molecule has 3 nitrogen and oxygen atoms in total. The van der Waals surface area contributed by atoms with Gasteiger partial charge < -0.3 is 5.32 Å². The zero-order valence-corrected chi connectivity index (χ0v) is 15.5. The third kappa shape index (κ3) is 4.91. The molecule has 2 aromatic carbocycles. The third-order valence-corrected chi connectivity index (χ3v) is 5.15. The van der Waals surface area contributed by atoms with E-state index in [-0.39, 0.29) is 11.8 Å². The molecule has 25 heavy (non-hydrogen) atoms. The maximum absolute atomic E-state index is 12.2. The average Bonchev–Trinajstić information content (AvgIpc) is 3.09. The molecule has 3 aromatic rings. The van der Waals surface area contributed by atoms with Crippen LogP contribution in [0, 0.1) is 0 Å². The van der Waals surface area contributed by atoms with Gasteiger partial charge in [0.1, 0.15) is 5.01 Å². The normalized spacial score (nSPS) is 11.9. The summed E-state index contributed by atoms with van der Waals surface area (Å²) in [7, 11) is 0. The van der Waals surface area contributed by atoms with Crippen molar-refractivity contribution in [2.75, 3.05) is 6.54 Å². The van der Waals surface area contributed by atoms with Crippen molar-refractivity contribution in [1.82, 2.24) is 10.3 Å². The first-order chi connectivity index (χ1) is 12.1. The van der Waals surface area contributed by atoms with Crippen LogP contribution in [0.2, 0.25) is 5.02 Å². The van der Waals surface area contributed by atoms with Crippen LogP contribution in [-0.2, 0) is 11.2 Å². The van der Waals surface area contributed by atoms with Gasteiger partial charge in [-0.25, -0.2) is 4.98 Å². The number of nitrogens with zero attached hydrogens (tertiary/aromatic N) is 1. The molecule has 0 saturated carbocycles. The lowest BCUT2D eigenvalue weighted by atomic mass is 10.0. The van der Waals surface area contributed by atoms with Crippen LogP contribution < -0.4 is 5.32 Å². The van der Waals surface area contributed by atoms with Crippen molar-refractivity contribution in [1.29, 1.82) is 0 Å². The second kappa shape index (κ2) is 8.28. The molecule has 5 heteroatoms. The molecule has 0 saturated heterocycles. The molecule has 0 aliphatic carbocycles. The van der Waals surface area contributed by atoms with Gasteiger partial charge in [0.15, 0.2) is 0 Å². The minimum atomic E-state index is -0.00395. The van der Waals surface area contributed by atoms with Crippen LogP contribution in [0.5, 0.6) is 0 Å². The highest BCUT2D eigenvalue weighted by Crippen LogP contribution is 2.25. The van der Waals surface area contributed by atoms with Gasteiger partial charge in [-0.15, -0.1) is 11.3 Å². The van der Waals surface area contributed by atoms with Crippen LogP contribution in [0.25, 0.3) is 10.6 Å². The molecule has 0 unspecified atom stereocenters. The largest absolute Gasteiger partial charge is 0.355 e. The summed E-state index contributed by atoms with van der Waals surface area (Å²) in [6.07, 6.45) is 0.297. The molecule has 0 aliphatic rings. The van der Waals surface area contributed by atoms with Crippen LogP contribution in [0.15, 0.2) is 60.0 Å². The third-order valence-electron chi connectivity index (χ3n) is 3.96. The molecule has 0 aliphatic heterocycles. The van der Waals surface area contributed by atoms with Gasteiger partial charge in [0.2, 0.25) is 5.91 Å². The van der Waals surface area contributed by atoms with Crippen LogP contribution in [0.4, 0.5) is 0 Å². The number of carbonyl (C=O) groups is 1. The topological polar surface area (TPSA) is 42.0 Å². The van der Waals surface area contributed by atoms with Gasteiger partial charge in [0, 0.05) is 22.5 Å². The number of rotatable bonds is 6. The Morgan fingerprint density at radius 2 is 1.88 bits per heavy atom. The van der Waals surface area contributed by atoms with E-state index in [1.54, 1.807) is 0 Å². The SMILES string of the molecule is C[C@@H](CNC(=O)Cc1csc(-c2ccc(Cl)cc2)n1)c1ccccc1. The van der Waals surface area contributed by atoms with E-state index >= 15 is 0 Å². The Bertz CT molecular complexity index is 830. The van der Waals surface area contributed by atoms with Crippen LogP contribution in [0.3, 0.4) is 0 Å². The molecule has 3 rings (SSSR count). The molecule has 128 valence electrons. The van der Waals surface area contributed by atoms with Crippen LogP contribution in [0.1, 0.15) is 24.1 Å². The molecule has 1 atom stereocenters. The minimum absolute atomic E-state index is 0.00395. The fourth-order valence-electron chi connectivity index (χ4n) is 2.51. The maximum atomic E-state index is 12.2. The second-order valence-corrected chi connectivity index (χ2v) is 7.24. The molecule has 1 heterocycles. The quantitative estimate of drug-likeness (QED) is 0.668. The number of amides is 1. The van der Waals surface area contributed by atoms with Gasteiger partial charge in [-0.1, -0.05) is 61.0 Å². The van der Waals surface area contributed by atoms with Crippen molar-refractivity contribution in [3.63, 3.8) is 0 Å². The first-order valence-corrected chi connectivity index (χ1v) is 9.39. The summed E-state index contributed by atoms with van der Waals surface area (Å²) in [6, 6.07) is 17.7. The van der Waals surface area contributed by atoms with Gasteiger partial charge in [-0.2, -0.15) is 0 Å². The fraction of sp³-hybridized carbons (Fsp3) is 0.200. The monoisotopic (exact) mass is 370 g/mol. The average molecular weight is 371 g/mol.